The smallest absolute Gasteiger partial charge is 0.311 e. The second kappa shape index (κ2) is 7.03. The molecular formula is C21H16N2O5. The van der Waals surface area contributed by atoms with E-state index in [9.17, 15) is 14.9 Å². The van der Waals surface area contributed by atoms with Gasteiger partial charge in [-0.05, 0) is 42.8 Å². The number of nitrogens with zero attached hydrogens (tertiary/aromatic N) is 1. The largest absolute Gasteiger partial charge is 0.477 e. The van der Waals surface area contributed by atoms with Gasteiger partial charge in [-0.2, -0.15) is 0 Å². The van der Waals surface area contributed by atoms with Crippen LogP contribution in [0, 0.1) is 17.0 Å². The molecule has 3 aromatic carbocycles. The van der Waals surface area contributed by atoms with Crippen molar-refractivity contribution in [1.82, 2.24) is 0 Å². The topological polar surface area (TPSA) is 94.6 Å². The molecule has 4 aromatic rings. The normalized spacial score (nSPS) is 10.9. The van der Waals surface area contributed by atoms with Gasteiger partial charge in [-0.3, -0.25) is 14.9 Å². The van der Waals surface area contributed by atoms with Gasteiger partial charge in [0.25, 0.3) is 5.91 Å². The molecular weight excluding hydrogens is 360 g/mol. The van der Waals surface area contributed by atoms with E-state index >= 15 is 0 Å². The van der Waals surface area contributed by atoms with Gasteiger partial charge in [0.2, 0.25) is 0 Å². The molecule has 0 radical (unpaired) electrons. The molecule has 0 saturated heterocycles. The highest BCUT2D eigenvalue weighted by Gasteiger charge is 2.16. The van der Waals surface area contributed by atoms with E-state index in [1.807, 2.05) is 30.3 Å². The Morgan fingerprint density at radius 2 is 1.86 bits per heavy atom. The molecule has 0 fully saturated rings. The molecule has 4 rings (SSSR count). The summed E-state index contributed by atoms with van der Waals surface area (Å²) in [7, 11) is 0. The summed E-state index contributed by atoms with van der Waals surface area (Å²) in [6.07, 6.45) is 0. The lowest BCUT2D eigenvalue weighted by Crippen LogP contribution is -2.20. The summed E-state index contributed by atoms with van der Waals surface area (Å²) in [6, 6.07) is 17.6. The average molecular weight is 376 g/mol. The summed E-state index contributed by atoms with van der Waals surface area (Å²) in [6.45, 7) is 1.41. The Morgan fingerprint density at radius 3 is 2.68 bits per heavy atom. The van der Waals surface area contributed by atoms with E-state index in [0.717, 1.165) is 27.5 Å². The van der Waals surface area contributed by atoms with Crippen molar-refractivity contribution in [1.29, 1.82) is 0 Å². The van der Waals surface area contributed by atoms with E-state index < -0.39 is 10.8 Å². The average Bonchev–Trinajstić information content (AvgIpc) is 3.05. The van der Waals surface area contributed by atoms with E-state index in [-0.39, 0.29) is 18.0 Å². The second-order valence-electron chi connectivity index (χ2n) is 6.37. The maximum absolute atomic E-state index is 12.2. The number of nitro benzene ring substituents is 1. The molecule has 0 aliphatic heterocycles. The Kier molecular flexibility index (Phi) is 4.41. The number of nitro groups is 1. The molecule has 7 heteroatoms. The quantitative estimate of drug-likeness (QED) is 0.398. The third-order valence-corrected chi connectivity index (χ3v) is 4.33. The molecule has 0 aliphatic carbocycles. The van der Waals surface area contributed by atoms with E-state index in [1.54, 1.807) is 25.1 Å². The molecule has 1 amide bonds. The third-order valence-electron chi connectivity index (χ3n) is 4.33. The monoisotopic (exact) mass is 376 g/mol. The fourth-order valence-corrected chi connectivity index (χ4v) is 3.04. The molecule has 1 heterocycles. The maximum atomic E-state index is 12.2. The minimum absolute atomic E-state index is 0.0574. The number of para-hydroxylation sites is 1. The van der Waals surface area contributed by atoms with Gasteiger partial charge in [0.15, 0.2) is 12.4 Å². The fraction of sp³-hybridized carbons (Fsp3) is 0.0952. The van der Waals surface area contributed by atoms with Gasteiger partial charge in [0.05, 0.1) is 4.92 Å². The van der Waals surface area contributed by atoms with Gasteiger partial charge >= 0.3 is 5.69 Å². The number of benzene rings is 3. The number of rotatable bonds is 5. The second-order valence-corrected chi connectivity index (χ2v) is 6.37. The number of anilines is 1. The summed E-state index contributed by atoms with van der Waals surface area (Å²) in [5.74, 6) is -0.357. The standard InChI is InChI=1S/C21H16N2O5/c1-13-6-8-20(17(10-13)23(25)26)27-12-21(24)22-14-7-9-19-16(11-14)15-4-2-3-5-18(15)28-19/h2-11H,12H2,1H3,(H,22,24). The summed E-state index contributed by atoms with van der Waals surface area (Å²) in [4.78, 5) is 22.8. The first-order valence-corrected chi connectivity index (χ1v) is 8.60. The number of carbonyl (C=O) groups excluding carboxylic acids is 1. The lowest BCUT2D eigenvalue weighted by molar-refractivity contribution is -0.385. The van der Waals surface area contributed by atoms with Crippen molar-refractivity contribution in [2.75, 3.05) is 11.9 Å². The molecule has 0 saturated carbocycles. The molecule has 140 valence electrons. The number of hydrogen-bond donors (Lipinski definition) is 1. The Labute approximate surface area is 159 Å². The lowest BCUT2D eigenvalue weighted by atomic mass is 10.1. The molecule has 1 N–H and O–H groups in total. The zero-order chi connectivity index (χ0) is 19.7. The first-order chi connectivity index (χ1) is 13.5. The lowest BCUT2D eigenvalue weighted by Gasteiger charge is -2.08. The van der Waals surface area contributed by atoms with Crippen LogP contribution >= 0.6 is 0 Å². The predicted molar refractivity (Wildman–Crippen MR) is 106 cm³/mol. The zero-order valence-electron chi connectivity index (χ0n) is 15.0. The number of nitrogens with one attached hydrogen (secondary N) is 1. The number of hydrogen-bond acceptors (Lipinski definition) is 5. The van der Waals surface area contributed by atoms with Crippen molar-refractivity contribution in [2.45, 2.75) is 6.92 Å². The summed E-state index contributed by atoms with van der Waals surface area (Å²) >= 11 is 0. The highest BCUT2D eigenvalue weighted by molar-refractivity contribution is 6.07. The number of ether oxygens (including phenoxy) is 1. The van der Waals surface area contributed by atoms with Crippen LogP contribution in [0.5, 0.6) is 5.75 Å². The van der Waals surface area contributed by atoms with E-state index in [1.165, 1.54) is 12.1 Å². The van der Waals surface area contributed by atoms with Crippen LogP contribution in [0.2, 0.25) is 0 Å². The summed E-state index contributed by atoms with van der Waals surface area (Å²) in [5, 5.41) is 15.7. The molecule has 0 atom stereocenters. The van der Waals surface area contributed by atoms with Crippen molar-refractivity contribution in [2.24, 2.45) is 0 Å². The van der Waals surface area contributed by atoms with Crippen LogP contribution in [-0.2, 0) is 4.79 Å². The van der Waals surface area contributed by atoms with Crippen molar-refractivity contribution in [3.63, 3.8) is 0 Å². The molecule has 7 nitrogen and oxygen atoms in total. The zero-order valence-corrected chi connectivity index (χ0v) is 15.0. The first-order valence-electron chi connectivity index (χ1n) is 8.60. The molecule has 0 aliphatic rings. The molecule has 1 aromatic heterocycles. The highest BCUT2D eigenvalue weighted by atomic mass is 16.6. The van der Waals surface area contributed by atoms with Gasteiger partial charge in [0, 0.05) is 22.5 Å². The van der Waals surface area contributed by atoms with Crippen LogP contribution in [0.25, 0.3) is 21.9 Å². The fourth-order valence-electron chi connectivity index (χ4n) is 3.04. The minimum Gasteiger partial charge on any atom is -0.477 e. The number of amides is 1. The SMILES string of the molecule is Cc1ccc(OCC(=O)Nc2ccc3oc4ccccc4c3c2)c([N+](=O)[O-])c1. The van der Waals surface area contributed by atoms with Gasteiger partial charge in [-0.15, -0.1) is 0 Å². The van der Waals surface area contributed by atoms with Gasteiger partial charge in [0.1, 0.15) is 11.2 Å². The maximum Gasteiger partial charge on any atom is 0.311 e. The van der Waals surface area contributed by atoms with Crippen LogP contribution < -0.4 is 10.1 Å². The van der Waals surface area contributed by atoms with Crippen LogP contribution in [0.4, 0.5) is 11.4 Å². The van der Waals surface area contributed by atoms with E-state index in [4.69, 9.17) is 9.15 Å². The minimum atomic E-state index is -0.530. The molecule has 0 unspecified atom stereocenters. The Morgan fingerprint density at radius 1 is 1.07 bits per heavy atom. The van der Waals surface area contributed by atoms with Crippen molar-refractivity contribution in [3.8, 4) is 5.75 Å². The predicted octanol–water partition coefficient (Wildman–Crippen LogP) is 4.82. The molecule has 0 bridgehead atoms. The van der Waals surface area contributed by atoms with Crippen LogP contribution in [0.1, 0.15) is 5.56 Å². The number of fused-ring (bicyclic) bond motifs is 3. The highest BCUT2D eigenvalue weighted by Crippen LogP contribution is 2.31. The molecule has 0 spiro atoms. The first kappa shape index (κ1) is 17.5. The van der Waals surface area contributed by atoms with Crippen LogP contribution in [0.3, 0.4) is 0 Å². The summed E-state index contributed by atoms with van der Waals surface area (Å²) < 4.78 is 11.1. The van der Waals surface area contributed by atoms with Gasteiger partial charge < -0.3 is 14.5 Å². The number of carbonyl (C=O) groups is 1. The van der Waals surface area contributed by atoms with Gasteiger partial charge in [-0.25, -0.2) is 0 Å². The van der Waals surface area contributed by atoms with Crippen molar-refractivity contribution >= 4 is 39.2 Å². The third kappa shape index (κ3) is 3.37. The van der Waals surface area contributed by atoms with E-state index in [0.29, 0.717) is 5.69 Å². The summed E-state index contributed by atoms with van der Waals surface area (Å²) in [5.41, 5.74) is 2.66. The van der Waals surface area contributed by atoms with Gasteiger partial charge in [-0.1, -0.05) is 24.3 Å². The van der Waals surface area contributed by atoms with Crippen molar-refractivity contribution in [3.05, 3.63) is 76.3 Å². The Hall–Kier alpha value is -3.87. The van der Waals surface area contributed by atoms with E-state index in [2.05, 4.69) is 5.32 Å². The Balaban J connectivity index is 1.50. The Bertz CT molecular complexity index is 1210. The van der Waals surface area contributed by atoms with Crippen LogP contribution in [0.15, 0.2) is 65.1 Å². The number of furan rings is 1. The molecule has 28 heavy (non-hydrogen) atoms. The van der Waals surface area contributed by atoms with Crippen molar-refractivity contribution < 1.29 is 18.9 Å². The van der Waals surface area contributed by atoms with Crippen LogP contribution in [-0.4, -0.2) is 17.4 Å². The number of aryl methyl sites for hydroxylation is 1.